The van der Waals surface area contributed by atoms with E-state index in [9.17, 15) is 9.59 Å². The van der Waals surface area contributed by atoms with Crippen molar-refractivity contribution in [3.63, 3.8) is 0 Å². The molecule has 0 atom stereocenters. The second-order valence-electron chi connectivity index (χ2n) is 5.93. The molecule has 2 aromatic heterocycles. The molecular formula is C16H17N5O2. The molecule has 2 heterocycles. The second-order valence-corrected chi connectivity index (χ2v) is 5.93. The third kappa shape index (κ3) is 2.73. The molecule has 0 aliphatic heterocycles. The first kappa shape index (κ1) is 15.0. The highest BCUT2D eigenvalue weighted by Crippen LogP contribution is 2.17. The number of aromatic amines is 1. The maximum absolute atomic E-state index is 12.5. The van der Waals surface area contributed by atoms with Gasteiger partial charge in [-0.05, 0) is 26.0 Å². The van der Waals surface area contributed by atoms with Gasteiger partial charge in [0, 0.05) is 24.1 Å². The van der Waals surface area contributed by atoms with Gasteiger partial charge in [0.05, 0.1) is 11.7 Å². The summed E-state index contributed by atoms with van der Waals surface area (Å²) in [5.41, 5.74) is 0.337. The third-order valence-corrected chi connectivity index (χ3v) is 3.70. The fourth-order valence-electron chi connectivity index (χ4n) is 2.39. The maximum atomic E-state index is 12.5. The summed E-state index contributed by atoms with van der Waals surface area (Å²) in [6.07, 6.45) is 3.16. The van der Waals surface area contributed by atoms with Crippen LogP contribution in [0.15, 0.2) is 41.5 Å². The molecule has 0 spiro atoms. The standard InChI is InChI=1S/C16H17N5O2/c1-16(2,13-9-21(3)20-19-13)18-15(23)11-8-17-12-7-5-4-6-10(12)14(11)22/h4-9H,1-3H3,(H,17,22)(H,18,23). The summed E-state index contributed by atoms with van der Waals surface area (Å²) in [6.45, 7) is 3.62. The van der Waals surface area contributed by atoms with Gasteiger partial charge in [0.1, 0.15) is 11.3 Å². The highest BCUT2D eigenvalue weighted by Gasteiger charge is 2.27. The van der Waals surface area contributed by atoms with E-state index in [-0.39, 0.29) is 11.0 Å². The lowest BCUT2D eigenvalue weighted by molar-refractivity contribution is 0.0909. The summed E-state index contributed by atoms with van der Waals surface area (Å²) in [5.74, 6) is -0.451. The molecule has 0 saturated heterocycles. The molecule has 0 saturated carbocycles. The molecule has 1 amide bonds. The number of rotatable bonds is 3. The third-order valence-electron chi connectivity index (χ3n) is 3.70. The van der Waals surface area contributed by atoms with Gasteiger partial charge < -0.3 is 10.3 Å². The number of aromatic nitrogens is 4. The lowest BCUT2D eigenvalue weighted by Gasteiger charge is -2.23. The molecule has 0 fully saturated rings. The van der Waals surface area contributed by atoms with E-state index in [1.165, 1.54) is 6.20 Å². The van der Waals surface area contributed by atoms with Crippen LogP contribution < -0.4 is 10.7 Å². The number of para-hydroxylation sites is 1. The Morgan fingerprint density at radius 3 is 2.74 bits per heavy atom. The average Bonchev–Trinajstić information content (AvgIpc) is 2.95. The van der Waals surface area contributed by atoms with Gasteiger partial charge in [0.15, 0.2) is 0 Å². The highest BCUT2D eigenvalue weighted by atomic mass is 16.2. The van der Waals surface area contributed by atoms with Crippen LogP contribution in [-0.4, -0.2) is 25.9 Å². The summed E-state index contributed by atoms with van der Waals surface area (Å²) in [5, 5.41) is 11.2. The molecule has 23 heavy (non-hydrogen) atoms. The Bertz CT molecular complexity index is 939. The molecule has 3 aromatic rings. The van der Waals surface area contributed by atoms with E-state index in [1.54, 1.807) is 36.1 Å². The predicted octanol–water partition coefficient (Wildman–Crippen LogP) is 1.32. The first-order chi connectivity index (χ1) is 10.9. The zero-order chi connectivity index (χ0) is 16.6. The van der Waals surface area contributed by atoms with Crippen LogP contribution in [0.3, 0.4) is 0 Å². The Kier molecular flexibility index (Phi) is 3.48. The molecule has 0 bridgehead atoms. The summed E-state index contributed by atoms with van der Waals surface area (Å²) in [4.78, 5) is 28.0. The number of fused-ring (bicyclic) bond motifs is 1. The Balaban J connectivity index is 1.95. The van der Waals surface area contributed by atoms with Crippen LogP contribution in [0.5, 0.6) is 0 Å². The molecule has 118 valence electrons. The quantitative estimate of drug-likeness (QED) is 0.763. The first-order valence-electron chi connectivity index (χ1n) is 7.18. The van der Waals surface area contributed by atoms with Gasteiger partial charge in [-0.15, -0.1) is 5.10 Å². The van der Waals surface area contributed by atoms with Crippen LogP contribution in [-0.2, 0) is 12.6 Å². The Labute approximate surface area is 132 Å². The van der Waals surface area contributed by atoms with Gasteiger partial charge in [-0.3, -0.25) is 14.3 Å². The number of pyridine rings is 1. The Hall–Kier alpha value is -2.96. The Morgan fingerprint density at radius 2 is 2.04 bits per heavy atom. The number of nitrogens with one attached hydrogen (secondary N) is 2. The van der Waals surface area contributed by atoms with Crippen molar-refractivity contribution in [2.45, 2.75) is 19.4 Å². The molecule has 2 N–H and O–H groups in total. The fraction of sp³-hybridized carbons (Fsp3) is 0.250. The van der Waals surface area contributed by atoms with Crippen molar-refractivity contribution in [1.29, 1.82) is 0 Å². The Morgan fingerprint density at radius 1 is 1.30 bits per heavy atom. The van der Waals surface area contributed by atoms with Crippen LogP contribution >= 0.6 is 0 Å². The number of carbonyl (C=O) groups is 1. The zero-order valence-corrected chi connectivity index (χ0v) is 13.1. The van der Waals surface area contributed by atoms with Crippen molar-refractivity contribution in [1.82, 2.24) is 25.3 Å². The molecule has 0 unspecified atom stereocenters. The largest absolute Gasteiger partial charge is 0.360 e. The minimum atomic E-state index is -0.747. The minimum Gasteiger partial charge on any atom is -0.360 e. The summed E-state index contributed by atoms with van der Waals surface area (Å²) in [7, 11) is 1.75. The molecule has 0 aliphatic carbocycles. The molecular weight excluding hydrogens is 294 g/mol. The van der Waals surface area contributed by atoms with E-state index in [1.807, 2.05) is 19.9 Å². The summed E-state index contributed by atoms with van der Waals surface area (Å²) in [6, 6.07) is 7.08. The SMILES string of the molecule is Cn1cc(C(C)(C)NC(=O)c2c[nH]c3ccccc3c2=O)nn1. The van der Waals surface area contributed by atoms with Crippen LogP contribution in [0.2, 0.25) is 0 Å². The lowest BCUT2D eigenvalue weighted by Crippen LogP contribution is -2.43. The van der Waals surface area contributed by atoms with Crippen LogP contribution in [0, 0.1) is 0 Å². The van der Waals surface area contributed by atoms with Crippen molar-refractivity contribution in [2.24, 2.45) is 7.05 Å². The van der Waals surface area contributed by atoms with E-state index in [0.29, 0.717) is 16.6 Å². The normalized spacial score (nSPS) is 11.6. The monoisotopic (exact) mass is 311 g/mol. The van der Waals surface area contributed by atoms with Crippen LogP contribution in [0.4, 0.5) is 0 Å². The molecule has 1 aromatic carbocycles. The van der Waals surface area contributed by atoms with E-state index in [0.717, 1.165) is 0 Å². The van der Waals surface area contributed by atoms with Gasteiger partial charge >= 0.3 is 0 Å². The molecule has 3 rings (SSSR count). The van der Waals surface area contributed by atoms with Gasteiger partial charge in [-0.2, -0.15) is 0 Å². The number of benzene rings is 1. The number of aryl methyl sites for hydroxylation is 1. The molecule has 0 aliphatic rings. The van der Waals surface area contributed by atoms with E-state index in [4.69, 9.17) is 0 Å². The van der Waals surface area contributed by atoms with Gasteiger partial charge in [0.2, 0.25) is 5.43 Å². The molecule has 7 heteroatoms. The van der Waals surface area contributed by atoms with Gasteiger partial charge in [-0.1, -0.05) is 17.3 Å². The van der Waals surface area contributed by atoms with Crippen LogP contribution in [0.1, 0.15) is 29.9 Å². The lowest BCUT2D eigenvalue weighted by atomic mass is 10.0. The summed E-state index contributed by atoms with van der Waals surface area (Å²) < 4.78 is 1.56. The first-order valence-corrected chi connectivity index (χ1v) is 7.18. The zero-order valence-electron chi connectivity index (χ0n) is 13.1. The van der Waals surface area contributed by atoms with Crippen molar-refractivity contribution >= 4 is 16.8 Å². The van der Waals surface area contributed by atoms with Crippen molar-refractivity contribution in [2.75, 3.05) is 0 Å². The maximum Gasteiger partial charge on any atom is 0.257 e. The molecule has 0 radical (unpaired) electrons. The number of carbonyl (C=O) groups excluding carboxylic acids is 1. The number of amides is 1. The predicted molar refractivity (Wildman–Crippen MR) is 86.1 cm³/mol. The number of hydrogen-bond donors (Lipinski definition) is 2. The van der Waals surface area contributed by atoms with Crippen molar-refractivity contribution < 1.29 is 4.79 Å². The van der Waals surface area contributed by atoms with Crippen LogP contribution in [0.25, 0.3) is 10.9 Å². The smallest absolute Gasteiger partial charge is 0.257 e. The van der Waals surface area contributed by atoms with E-state index < -0.39 is 11.4 Å². The van der Waals surface area contributed by atoms with Gasteiger partial charge in [0.25, 0.3) is 5.91 Å². The number of H-pyrrole nitrogens is 1. The topological polar surface area (TPSA) is 92.7 Å². The number of hydrogen-bond acceptors (Lipinski definition) is 4. The fourth-order valence-corrected chi connectivity index (χ4v) is 2.39. The highest BCUT2D eigenvalue weighted by molar-refractivity contribution is 5.97. The minimum absolute atomic E-state index is 0.0701. The summed E-state index contributed by atoms with van der Waals surface area (Å²) >= 11 is 0. The number of nitrogens with zero attached hydrogens (tertiary/aromatic N) is 3. The average molecular weight is 311 g/mol. The van der Waals surface area contributed by atoms with Crippen molar-refractivity contribution in [3.8, 4) is 0 Å². The van der Waals surface area contributed by atoms with E-state index >= 15 is 0 Å². The van der Waals surface area contributed by atoms with Crippen molar-refractivity contribution in [3.05, 3.63) is 58.1 Å². The van der Waals surface area contributed by atoms with E-state index in [2.05, 4.69) is 20.6 Å². The second kappa shape index (κ2) is 5.35. The van der Waals surface area contributed by atoms with Gasteiger partial charge in [-0.25, -0.2) is 0 Å². The molecule has 7 nitrogen and oxygen atoms in total.